The van der Waals surface area contributed by atoms with Crippen molar-refractivity contribution < 1.29 is 9.53 Å². The van der Waals surface area contributed by atoms with Crippen LogP contribution in [0.4, 0.5) is 10.5 Å². The lowest BCUT2D eigenvalue weighted by Crippen LogP contribution is -2.35. The van der Waals surface area contributed by atoms with Gasteiger partial charge in [0.2, 0.25) is 5.65 Å². The van der Waals surface area contributed by atoms with Crippen molar-refractivity contribution >= 4 is 17.4 Å². The number of fused-ring (bicyclic) bond motifs is 1. The number of amides is 1. The molecule has 0 saturated carbocycles. The minimum absolute atomic E-state index is 0.208. The quantitative estimate of drug-likeness (QED) is 0.830. The van der Waals surface area contributed by atoms with E-state index in [0.29, 0.717) is 6.54 Å². The second kappa shape index (κ2) is 5.61. The number of nitrogens with zero attached hydrogens (tertiary/aromatic N) is 6. The highest BCUT2D eigenvalue weighted by molar-refractivity contribution is 5.71. The van der Waals surface area contributed by atoms with Gasteiger partial charge in [0.15, 0.2) is 0 Å². The summed E-state index contributed by atoms with van der Waals surface area (Å²) >= 11 is 0. The third-order valence-electron chi connectivity index (χ3n) is 5.04. The van der Waals surface area contributed by atoms with Crippen LogP contribution < -0.4 is 4.90 Å². The third kappa shape index (κ3) is 2.46. The summed E-state index contributed by atoms with van der Waals surface area (Å²) in [6.45, 7) is 4.51. The van der Waals surface area contributed by atoms with Gasteiger partial charge in [-0.25, -0.2) is 4.79 Å². The zero-order valence-corrected chi connectivity index (χ0v) is 14.1. The molecule has 1 atom stereocenters. The van der Waals surface area contributed by atoms with Crippen molar-refractivity contribution in [3.8, 4) is 0 Å². The zero-order chi connectivity index (χ0) is 16.7. The molecule has 8 heteroatoms. The van der Waals surface area contributed by atoms with Crippen molar-refractivity contribution in [2.24, 2.45) is 0 Å². The normalized spacial score (nSPS) is 24.7. The summed E-state index contributed by atoms with van der Waals surface area (Å²) in [5.41, 5.74) is 2.52. The fourth-order valence-corrected chi connectivity index (χ4v) is 3.73. The highest BCUT2D eigenvalue weighted by Gasteiger charge is 2.44. The molecule has 1 spiro atoms. The average Bonchev–Trinajstić information content (AvgIpc) is 3.08. The molecule has 2 aromatic heterocycles. The van der Waals surface area contributed by atoms with E-state index in [1.54, 1.807) is 22.8 Å². The smallest absolute Gasteiger partial charge is 0.410 e. The lowest BCUT2D eigenvalue weighted by Gasteiger charge is -2.26. The van der Waals surface area contributed by atoms with Gasteiger partial charge in [-0.3, -0.25) is 0 Å². The van der Waals surface area contributed by atoms with Gasteiger partial charge in [0, 0.05) is 26.6 Å². The Balaban J connectivity index is 1.62. The van der Waals surface area contributed by atoms with Crippen molar-refractivity contribution in [2.75, 3.05) is 31.6 Å². The van der Waals surface area contributed by atoms with Gasteiger partial charge < -0.3 is 14.5 Å². The van der Waals surface area contributed by atoms with Crippen LogP contribution in [0.2, 0.25) is 0 Å². The monoisotopic (exact) mass is 330 g/mol. The van der Waals surface area contributed by atoms with Crippen LogP contribution in [0, 0.1) is 0 Å². The highest BCUT2D eigenvalue weighted by atomic mass is 16.6. The second-order valence-electron chi connectivity index (χ2n) is 6.72. The van der Waals surface area contributed by atoms with E-state index < -0.39 is 0 Å². The van der Waals surface area contributed by atoms with E-state index in [1.165, 1.54) is 0 Å². The summed E-state index contributed by atoms with van der Waals surface area (Å²) in [5.74, 6) is 0. The molecule has 8 nitrogen and oxygen atoms in total. The number of hydrogen-bond acceptors (Lipinski definition) is 6. The minimum atomic E-state index is -0.342. The van der Waals surface area contributed by atoms with Gasteiger partial charge in [-0.1, -0.05) is 6.92 Å². The number of hydrogen-bond donors (Lipinski definition) is 0. The molecular formula is C16H22N6O2. The van der Waals surface area contributed by atoms with Crippen molar-refractivity contribution in [1.29, 1.82) is 0 Å². The molecule has 2 aromatic rings. The van der Waals surface area contributed by atoms with Gasteiger partial charge in [0.05, 0.1) is 17.9 Å². The first-order valence-electron chi connectivity index (χ1n) is 8.49. The largest absolute Gasteiger partial charge is 0.441 e. The predicted molar refractivity (Wildman–Crippen MR) is 88.1 cm³/mol. The Hall–Kier alpha value is -2.38. The van der Waals surface area contributed by atoms with Crippen molar-refractivity contribution in [3.05, 3.63) is 18.1 Å². The maximum Gasteiger partial charge on any atom is 0.410 e. The van der Waals surface area contributed by atoms with Crippen LogP contribution in [-0.4, -0.2) is 63.1 Å². The molecule has 2 aliphatic heterocycles. The number of aromatic nitrogens is 4. The van der Waals surface area contributed by atoms with E-state index in [4.69, 9.17) is 4.74 Å². The molecule has 2 saturated heterocycles. The number of carbonyl (C=O) groups is 1. The molecule has 1 amide bonds. The molecule has 0 aromatic carbocycles. The van der Waals surface area contributed by atoms with Crippen molar-refractivity contribution in [2.45, 2.75) is 38.2 Å². The number of likely N-dealkylation sites (N-methyl/N-ethyl adjacent to an activating group) is 1. The summed E-state index contributed by atoms with van der Waals surface area (Å²) in [6.07, 6.45) is 5.00. The fraction of sp³-hybridized carbons (Fsp3) is 0.625. The number of aryl methyl sites for hydroxylation is 1. The van der Waals surface area contributed by atoms with E-state index in [9.17, 15) is 4.79 Å². The van der Waals surface area contributed by atoms with E-state index in [2.05, 4.69) is 33.2 Å². The van der Waals surface area contributed by atoms with Crippen LogP contribution in [0.1, 0.15) is 31.9 Å². The van der Waals surface area contributed by atoms with Gasteiger partial charge in [0.1, 0.15) is 11.9 Å². The first-order valence-corrected chi connectivity index (χ1v) is 8.49. The Morgan fingerprint density at radius 2 is 2.21 bits per heavy atom. The summed E-state index contributed by atoms with van der Waals surface area (Å²) in [4.78, 5) is 15.8. The Morgan fingerprint density at radius 3 is 2.96 bits per heavy atom. The van der Waals surface area contributed by atoms with Crippen LogP contribution in [0.15, 0.2) is 12.4 Å². The van der Waals surface area contributed by atoms with Crippen LogP contribution in [0.25, 0.3) is 5.65 Å². The van der Waals surface area contributed by atoms with Crippen molar-refractivity contribution in [1.82, 2.24) is 24.7 Å². The van der Waals surface area contributed by atoms with Gasteiger partial charge in [-0.15, -0.1) is 10.2 Å². The SMILES string of the molecule is CCc1cc(N2CCCC3(CC2)CN(C)C(=O)O3)c2nncn2n1. The van der Waals surface area contributed by atoms with E-state index in [1.807, 2.05) is 0 Å². The lowest BCUT2D eigenvalue weighted by molar-refractivity contribution is 0.0473. The van der Waals surface area contributed by atoms with Gasteiger partial charge in [0.25, 0.3) is 0 Å². The van der Waals surface area contributed by atoms with E-state index in [-0.39, 0.29) is 11.7 Å². The van der Waals surface area contributed by atoms with Crippen LogP contribution in [0.5, 0.6) is 0 Å². The molecule has 0 N–H and O–H groups in total. The highest BCUT2D eigenvalue weighted by Crippen LogP contribution is 2.34. The molecule has 128 valence electrons. The predicted octanol–water partition coefficient (Wildman–Crippen LogP) is 1.50. The summed E-state index contributed by atoms with van der Waals surface area (Å²) in [5, 5.41) is 12.7. The summed E-state index contributed by atoms with van der Waals surface area (Å²) in [7, 11) is 1.80. The fourth-order valence-electron chi connectivity index (χ4n) is 3.73. The standard InChI is InChI=1S/C16H22N6O2/c1-3-12-9-13(14-18-17-11-22(14)19-12)21-7-4-5-16(6-8-21)10-20(2)15(23)24-16/h9,11H,3-8,10H2,1-2H3. The van der Waals surface area contributed by atoms with E-state index in [0.717, 1.165) is 55.8 Å². The molecule has 1 unspecified atom stereocenters. The maximum absolute atomic E-state index is 11.8. The summed E-state index contributed by atoms with van der Waals surface area (Å²) < 4.78 is 7.45. The Labute approximate surface area is 140 Å². The third-order valence-corrected chi connectivity index (χ3v) is 5.04. The van der Waals surface area contributed by atoms with Crippen molar-refractivity contribution in [3.63, 3.8) is 0 Å². The topological polar surface area (TPSA) is 75.9 Å². The number of ether oxygens (including phenoxy) is 1. The number of anilines is 1. The maximum atomic E-state index is 11.8. The first-order chi connectivity index (χ1) is 11.6. The molecule has 4 heterocycles. The Kier molecular flexibility index (Phi) is 3.54. The molecule has 2 aliphatic rings. The van der Waals surface area contributed by atoms with Gasteiger partial charge >= 0.3 is 6.09 Å². The average molecular weight is 330 g/mol. The first kappa shape index (κ1) is 15.2. The number of carbonyl (C=O) groups excluding carboxylic acids is 1. The molecule has 0 aliphatic carbocycles. The molecular weight excluding hydrogens is 308 g/mol. The Bertz CT molecular complexity index is 775. The Morgan fingerprint density at radius 1 is 1.33 bits per heavy atom. The lowest BCUT2D eigenvalue weighted by atomic mass is 9.95. The van der Waals surface area contributed by atoms with Crippen LogP contribution >= 0.6 is 0 Å². The second-order valence-corrected chi connectivity index (χ2v) is 6.72. The minimum Gasteiger partial charge on any atom is -0.441 e. The van der Waals surface area contributed by atoms with Gasteiger partial charge in [-0.05, 0) is 25.3 Å². The molecule has 24 heavy (non-hydrogen) atoms. The molecule has 0 radical (unpaired) electrons. The molecule has 4 rings (SSSR count). The van der Waals surface area contributed by atoms with Gasteiger partial charge in [-0.2, -0.15) is 9.61 Å². The van der Waals surface area contributed by atoms with Crippen LogP contribution in [0.3, 0.4) is 0 Å². The van der Waals surface area contributed by atoms with Crippen LogP contribution in [-0.2, 0) is 11.2 Å². The molecule has 2 fully saturated rings. The number of rotatable bonds is 2. The molecule has 0 bridgehead atoms. The zero-order valence-electron chi connectivity index (χ0n) is 14.1. The van der Waals surface area contributed by atoms with E-state index >= 15 is 0 Å². The summed E-state index contributed by atoms with van der Waals surface area (Å²) in [6, 6.07) is 2.11.